The molecule has 0 aromatic carbocycles. The summed E-state index contributed by atoms with van der Waals surface area (Å²) in [6, 6.07) is -0.719. The normalized spacial score (nSPS) is 42.7. The lowest BCUT2D eigenvalue weighted by Gasteiger charge is -2.33. The van der Waals surface area contributed by atoms with Gasteiger partial charge in [0.1, 0.15) is 0 Å². The molecule has 0 amide bonds. The molecule has 2 heterocycles. The second kappa shape index (κ2) is 3.42. The Kier molecular flexibility index (Phi) is 2.52. The first kappa shape index (κ1) is 10.3. The molecule has 4 atom stereocenters. The Morgan fingerprint density at radius 1 is 1.36 bits per heavy atom. The van der Waals surface area contributed by atoms with Gasteiger partial charge in [0.2, 0.25) is 0 Å². The van der Waals surface area contributed by atoms with Crippen molar-refractivity contribution in [2.45, 2.75) is 43.6 Å². The van der Waals surface area contributed by atoms with Crippen molar-refractivity contribution in [2.75, 3.05) is 0 Å². The van der Waals surface area contributed by atoms with Crippen molar-refractivity contribution in [3.63, 3.8) is 0 Å². The Hall–Kier alpha value is -0.210. The van der Waals surface area contributed by atoms with Gasteiger partial charge in [-0.15, -0.1) is 0 Å². The zero-order chi connectivity index (χ0) is 10.3. The van der Waals surface area contributed by atoms with Crippen molar-refractivity contribution in [3.8, 4) is 0 Å². The fourth-order valence-electron chi connectivity index (χ4n) is 2.16. The number of ether oxygens (including phenoxy) is 1. The van der Waals surface area contributed by atoms with Gasteiger partial charge in [-0.05, 0) is 12.8 Å². The van der Waals surface area contributed by atoms with Crippen LogP contribution < -0.4 is 4.72 Å². The minimum atomic E-state index is -4.27. The number of aliphatic hydroxyl groups is 1. The Bertz CT molecular complexity index is 316. The third kappa shape index (κ3) is 2.06. The zero-order valence-electron chi connectivity index (χ0n) is 7.46. The van der Waals surface area contributed by atoms with Crippen molar-refractivity contribution in [2.24, 2.45) is 0 Å². The second-order valence-corrected chi connectivity index (χ2v) is 4.98. The molecule has 0 aromatic rings. The molecule has 0 spiro atoms. The Morgan fingerprint density at radius 2 is 2.07 bits per heavy atom. The molecule has 6 nitrogen and oxygen atoms in total. The van der Waals surface area contributed by atoms with Crippen LogP contribution in [0, 0.1) is 0 Å². The first-order valence-electron chi connectivity index (χ1n) is 4.54. The number of nitrogens with one attached hydrogen (secondary N) is 1. The topological polar surface area (TPSA) is 95.9 Å². The minimum Gasteiger partial charge on any atom is -0.391 e. The van der Waals surface area contributed by atoms with Gasteiger partial charge in [0.05, 0.1) is 24.4 Å². The quantitative estimate of drug-likeness (QED) is 0.525. The summed E-state index contributed by atoms with van der Waals surface area (Å²) >= 11 is 0. The highest BCUT2D eigenvalue weighted by Crippen LogP contribution is 2.32. The van der Waals surface area contributed by atoms with Crippen LogP contribution in [0.2, 0.25) is 0 Å². The van der Waals surface area contributed by atoms with Crippen LogP contribution in [0.25, 0.3) is 0 Å². The molecule has 2 unspecified atom stereocenters. The zero-order valence-corrected chi connectivity index (χ0v) is 8.27. The summed E-state index contributed by atoms with van der Waals surface area (Å²) in [4.78, 5) is 0. The first-order chi connectivity index (χ1) is 6.46. The highest BCUT2D eigenvalue weighted by Gasteiger charge is 2.43. The molecule has 3 N–H and O–H groups in total. The van der Waals surface area contributed by atoms with Crippen molar-refractivity contribution in [3.05, 3.63) is 0 Å². The summed E-state index contributed by atoms with van der Waals surface area (Å²) in [5, 5.41) is 9.60. The van der Waals surface area contributed by atoms with E-state index < -0.39 is 22.4 Å². The van der Waals surface area contributed by atoms with Crippen LogP contribution in [0.4, 0.5) is 0 Å². The Balaban J connectivity index is 2.09. The molecule has 82 valence electrons. The average Bonchev–Trinajstić information content (AvgIpc) is 2.41. The number of aliphatic hydroxyl groups excluding tert-OH is 1. The van der Waals surface area contributed by atoms with Gasteiger partial charge >= 0.3 is 10.3 Å². The summed E-state index contributed by atoms with van der Waals surface area (Å²) in [5.74, 6) is 0. The van der Waals surface area contributed by atoms with E-state index in [1.165, 1.54) is 0 Å². The second-order valence-electron chi connectivity index (χ2n) is 3.80. The van der Waals surface area contributed by atoms with Gasteiger partial charge in [0.25, 0.3) is 0 Å². The van der Waals surface area contributed by atoms with Gasteiger partial charge in [0.15, 0.2) is 0 Å². The third-order valence-electron chi connectivity index (χ3n) is 2.74. The number of hydrogen-bond acceptors (Lipinski definition) is 4. The first-order valence-corrected chi connectivity index (χ1v) is 5.98. The molecule has 2 aliphatic heterocycles. The summed E-state index contributed by atoms with van der Waals surface area (Å²) in [7, 11) is -4.27. The molecule has 2 fully saturated rings. The predicted molar refractivity (Wildman–Crippen MR) is 47.0 cm³/mol. The highest BCUT2D eigenvalue weighted by atomic mass is 32.2. The number of rotatable bonds is 2. The summed E-state index contributed by atoms with van der Waals surface area (Å²) in [6.45, 7) is 0. The number of hydrogen-bond donors (Lipinski definition) is 3. The molecule has 2 aliphatic rings. The smallest absolute Gasteiger partial charge is 0.333 e. The Labute approximate surface area is 82.1 Å². The monoisotopic (exact) mass is 223 g/mol. The van der Waals surface area contributed by atoms with Gasteiger partial charge in [-0.1, -0.05) is 0 Å². The molecule has 2 rings (SSSR count). The molecule has 7 heteroatoms. The van der Waals surface area contributed by atoms with Crippen LogP contribution in [0.15, 0.2) is 0 Å². The van der Waals surface area contributed by atoms with E-state index in [4.69, 9.17) is 9.29 Å². The number of fused-ring (bicyclic) bond motifs is 2. The molecule has 14 heavy (non-hydrogen) atoms. The van der Waals surface area contributed by atoms with Crippen LogP contribution in [0.1, 0.15) is 19.3 Å². The standard InChI is InChI=1S/C7H13NO5S/c9-5-3-4-1-2-6(13-4)7(5)8-14(10,11)12/h4-9H,1-3H2,(H,10,11,12)/t4?,5-,6+,7?/m1/s1. The molecule has 2 bridgehead atoms. The minimum absolute atomic E-state index is 0.0365. The maximum absolute atomic E-state index is 10.6. The third-order valence-corrected chi connectivity index (χ3v) is 3.31. The van der Waals surface area contributed by atoms with Crippen molar-refractivity contribution < 1.29 is 22.8 Å². The van der Waals surface area contributed by atoms with E-state index in [2.05, 4.69) is 0 Å². The summed E-state index contributed by atoms with van der Waals surface area (Å²) in [5.41, 5.74) is 0. The largest absolute Gasteiger partial charge is 0.391 e. The van der Waals surface area contributed by atoms with Crippen molar-refractivity contribution >= 4 is 10.3 Å². The predicted octanol–water partition coefficient (Wildman–Crippen LogP) is -0.940. The van der Waals surface area contributed by atoms with Crippen molar-refractivity contribution in [1.82, 2.24) is 4.72 Å². The molecule has 0 radical (unpaired) electrons. The van der Waals surface area contributed by atoms with E-state index in [-0.39, 0.29) is 12.2 Å². The lowest BCUT2D eigenvalue weighted by atomic mass is 10.0. The van der Waals surface area contributed by atoms with Crippen LogP contribution in [0.3, 0.4) is 0 Å². The van der Waals surface area contributed by atoms with E-state index in [0.717, 1.165) is 12.8 Å². The molecule has 2 saturated heterocycles. The molecule has 0 saturated carbocycles. The van der Waals surface area contributed by atoms with Gasteiger partial charge in [0, 0.05) is 6.42 Å². The van der Waals surface area contributed by atoms with E-state index in [1.807, 2.05) is 4.72 Å². The van der Waals surface area contributed by atoms with Gasteiger partial charge in [-0.2, -0.15) is 13.1 Å². The van der Waals surface area contributed by atoms with E-state index in [1.54, 1.807) is 0 Å². The molecule has 0 aliphatic carbocycles. The molecule has 0 aromatic heterocycles. The van der Waals surface area contributed by atoms with E-state index in [9.17, 15) is 13.5 Å². The van der Waals surface area contributed by atoms with Crippen LogP contribution in [-0.4, -0.2) is 42.4 Å². The highest BCUT2D eigenvalue weighted by molar-refractivity contribution is 7.83. The lowest BCUT2D eigenvalue weighted by molar-refractivity contribution is -0.0719. The van der Waals surface area contributed by atoms with E-state index >= 15 is 0 Å². The lowest BCUT2D eigenvalue weighted by Crippen LogP contribution is -2.53. The van der Waals surface area contributed by atoms with Crippen molar-refractivity contribution in [1.29, 1.82) is 0 Å². The van der Waals surface area contributed by atoms with Crippen LogP contribution in [0.5, 0.6) is 0 Å². The summed E-state index contributed by atoms with van der Waals surface area (Å²) < 4.78 is 37.2. The van der Waals surface area contributed by atoms with Gasteiger partial charge < -0.3 is 9.84 Å². The Morgan fingerprint density at radius 3 is 2.71 bits per heavy atom. The summed E-state index contributed by atoms with van der Waals surface area (Å²) in [6.07, 6.45) is 0.924. The van der Waals surface area contributed by atoms with Gasteiger partial charge in [-0.25, -0.2) is 0 Å². The maximum Gasteiger partial charge on any atom is 0.333 e. The van der Waals surface area contributed by atoms with E-state index in [0.29, 0.717) is 6.42 Å². The maximum atomic E-state index is 10.6. The average molecular weight is 223 g/mol. The molecular weight excluding hydrogens is 210 g/mol. The fourth-order valence-corrected chi connectivity index (χ4v) is 2.81. The van der Waals surface area contributed by atoms with Gasteiger partial charge in [-0.3, -0.25) is 4.55 Å². The van der Waals surface area contributed by atoms with Crippen LogP contribution in [-0.2, 0) is 15.0 Å². The SMILES string of the molecule is O=S(=O)(O)NC1[C@H](O)CC2CC[C@@H]1O2. The van der Waals surface area contributed by atoms with Crippen LogP contribution >= 0.6 is 0 Å². The molecular formula is C7H13NO5S. The fraction of sp³-hybridized carbons (Fsp3) is 1.00.